The van der Waals surface area contributed by atoms with Crippen molar-refractivity contribution in [1.82, 2.24) is 0 Å². The second kappa shape index (κ2) is 4.49. The van der Waals surface area contributed by atoms with Gasteiger partial charge < -0.3 is 5.32 Å². The van der Waals surface area contributed by atoms with Crippen molar-refractivity contribution < 1.29 is 4.39 Å². The first kappa shape index (κ1) is 10.8. The maximum Gasteiger partial charge on any atom is 0.123 e. The molecule has 3 aromatic carbocycles. The van der Waals surface area contributed by atoms with Crippen LogP contribution in [0.5, 0.6) is 0 Å². The average Bonchev–Trinajstić information content (AvgIpc) is 2.41. The van der Waals surface area contributed by atoms with Gasteiger partial charge in [-0.1, -0.05) is 30.3 Å². The molecule has 0 radical (unpaired) electrons. The van der Waals surface area contributed by atoms with Crippen LogP contribution in [0.3, 0.4) is 0 Å². The lowest BCUT2D eigenvalue weighted by atomic mass is 10.1. The molecule has 3 aromatic rings. The molecule has 0 atom stereocenters. The Morgan fingerprint density at radius 3 is 2.11 bits per heavy atom. The summed E-state index contributed by atoms with van der Waals surface area (Å²) in [5.41, 5.74) is 1.88. The first-order valence-electron chi connectivity index (χ1n) is 5.83. The van der Waals surface area contributed by atoms with Crippen LogP contribution in [-0.4, -0.2) is 0 Å². The van der Waals surface area contributed by atoms with Gasteiger partial charge in [-0.2, -0.15) is 0 Å². The Bertz CT molecular complexity index is 674. The van der Waals surface area contributed by atoms with Gasteiger partial charge >= 0.3 is 0 Å². The van der Waals surface area contributed by atoms with E-state index < -0.39 is 0 Å². The van der Waals surface area contributed by atoms with Crippen LogP contribution in [-0.2, 0) is 0 Å². The van der Waals surface area contributed by atoms with Crippen LogP contribution < -0.4 is 5.32 Å². The standard InChI is InChI=1S/C16H12FN/c17-14-6-9-15(10-7-14)18-16-8-5-12-3-1-2-4-13(12)11-16/h1-11,18H. The molecule has 3 rings (SSSR count). The molecule has 0 heterocycles. The lowest BCUT2D eigenvalue weighted by molar-refractivity contribution is 0.628. The number of hydrogen-bond donors (Lipinski definition) is 1. The van der Waals surface area contributed by atoms with Gasteiger partial charge in [-0.15, -0.1) is 0 Å². The quantitative estimate of drug-likeness (QED) is 0.679. The number of rotatable bonds is 2. The van der Waals surface area contributed by atoms with Gasteiger partial charge in [0, 0.05) is 11.4 Å². The molecule has 0 aliphatic carbocycles. The molecule has 0 aliphatic rings. The summed E-state index contributed by atoms with van der Waals surface area (Å²) in [4.78, 5) is 0. The highest BCUT2D eigenvalue weighted by Crippen LogP contribution is 2.22. The van der Waals surface area contributed by atoms with E-state index in [2.05, 4.69) is 29.6 Å². The van der Waals surface area contributed by atoms with E-state index in [-0.39, 0.29) is 5.82 Å². The SMILES string of the molecule is Fc1ccc(Nc2ccc3ccccc3c2)cc1. The number of hydrogen-bond acceptors (Lipinski definition) is 1. The van der Waals surface area contributed by atoms with Gasteiger partial charge in [-0.25, -0.2) is 4.39 Å². The number of halogens is 1. The zero-order chi connectivity index (χ0) is 12.4. The first-order chi connectivity index (χ1) is 8.81. The fourth-order valence-electron chi connectivity index (χ4n) is 1.97. The van der Waals surface area contributed by atoms with Crippen molar-refractivity contribution in [3.05, 3.63) is 72.5 Å². The molecule has 0 aromatic heterocycles. The molecule has 1 N–H and O–H groups in total. The monoisotopic (exact) mass is 237 g/mol. The summed E-state index contributed by atoms with van der Waals surface area (Å²) in [6.07, 6.45) is 0. The van der Waals surface area contributed by atoms with Crippen molar-refractivity contribution in [2.24, 2.45) is 0 Å². The summed E-state index contributed by atoms with van der Waals surface area (Å²) in [5.74, 6) is -0.223. The maximum atomic E-state index is 12.8. The van der Waals surface area contributed by atoms with Gasteiger partial charge in [0.25, 0.3) is 0 Å². The molecule has 88 valence electrons. The Kier molecular flexibility index (Phi) is 2.69. The van der Waals surface area contributed by atoms with E-state index in [0.29, 0.717) is 0 Å². The molecule has 0 saturated carbocycles. The van der Waals surface area contributed by atoms with Gasteiger partial charge in [-0.3, -0.25) is 0 Å². The fourth-order valence-corrected chi connectivity index (χ4v) is 1.97. The van der Waals surface area contributed by atoms with Gasteiger partial charge in [0.05, 0.1) is 0 Å². The molecule has 0 bridgehead atoms. The van der Waals surface area contributed by atoms with Crippen LogP contribution in [0.15, 0.2) is 66.7 Å². The largest absolute Gasteiger partial charge is 0.356 e. The molecule has 0 unspecified atom stereocenters. The Balaban J connectivity index is 1.92. The van der Waals surface area contributed by atoms with E-state index in [1.807, 2.05) is 18.2 Å². The smallest absolute Gasteiger partial charge is 0.123 e. The number of nitrogens with one attached hydrogen (secondary N) is 1. The summed E-state index contributed by atoms with van der Waals surface area (Å²) >= 11 is 0. The maximum absolute atomic E-state index is 12.8. The van der Waals surface area contributed by atoms with Gasteiger partial charge in [0.1, 0.15) is 5.82 Å². The average molecular weight is 237 g/mol. The minimum atomic E-state index is -0.223. The predicted molar refractivity (Wildman–Crippen MR) is 73.6 cm³/mol. The zero-order valence-electron chi connectivity index (χ0n) is 9.73. The summed E-state index contributed by atoms with van der Waals surface area (Å²) in [5, 5.41) is 5.65. The van der Waals surface area contributed by atoms with Gasteiger partial charge in [0.15, 0.2) is 0 Å². The van der Waals surface area contributed by atoms with Crippen molar-refractivity contribution in [2.45, 2.75) is 0 Å². The third-order valence-electron chi connectivity index (χ3n) is 2.88. The molecular weight excluding hydrogens is 225 g/mol. The summed E-state index contributed by atoms with van der Waals surface area (Å²) in [6.45, 7) is 0. The van der Waals surface area contributed by atoms with Gasteiger partial charge in [-0.05, 0) is 47.2 Å². The lowest BCUT2D eigenvalue weighted by Gasteiger charge is -2.07. The highest BCUT2D eigenvalue weighted by atomic mass is 19.1. The number of fused-ring (bicyclic) bond motifs is 1. The second-order valence-electron chi connectivity index (χ2n) is 4.19. The molecule has 2 heteroatoms. The van der Waals surface area contributed by atoms with Crippen LogP contribution in [0.1, 0.15) is 0 Å². The van der Waals surface area contributed by atoms with E-state index in [4.69, 9.17) is 0 Å². The minimum Gasteiger partial charge on any atom is -0.356 e. The number of anilines is 2. The highest BCUT2D eigenvalue weighted by molar-refractivity contribution is 5.86. The Morgan fingerprint density at radius 1 is 0.667 bits per heavy atom. The fraction of sp³-hybridized carbons (Fsp3) is 0. The van der Waals surface area contributed by atoms with E-state index >= 15 is 0 Å². The molecule has 18 heavy (non-hydrogen) atoms. The number of benzene rings is 3. The van der Waals surface area contributed by atoms with Crippen LogP contribution in [0.4, 0.5) is 15.8 Å². The second-order valence-corrected chi connectivity index (χ2v) is 4.19. The summed E-state index contributed by atoms with van der Waals surface area (Å²) in [7, 11) is 0. The van der Waals surface area contributed by atoms with Crippen LogP contribution in [0.25, 0.3) is 10.8 Å². The molecular formula is C16H12FN. The van der Waals surface area contributed by atoms with E-state index in [9.17, 15) is 4.39 Å². The Hall–Kier alpha value is -2.35. The zero-order valence-corrected chi connectivity index (χ0v) is 9.73. The van der Waals surface area contributed by atoms with E-state index in [1.54, 1.807) is 12.1 Å². The van der Waals surface area contributed by atoms with Crippen molar-refractivity contribution in [3.63, 3.8) is 0 Å². The Labute approximate surface area is 105 Å². The first-order valence-corrected chi connectivity index (χ1v) is 5.83. The van der Waals surface area contributed by atoms with Gasteiger partial charge in [0.2, 0.25) is 0 Å². The normalized spacial score (nSPS) is 10.5. The van der Waals surface area contributed by atoms with Crippen LogP contribution >= 0.6 is 0 Å². The molecule has 0 fully saturated rings. The Morgan fingerprint density at radius 2 is 1.33 bits per heavy atom. The highest BCUT2D eigenvalue weighted by Gasteiger charge is 1.97. The van der Waals surface area contributed by atoms with E-state index in [0.717, 1.165) is 11.4 Å². The molecule has 1 nitrogen and oxygen atoms in total. The molecule has 0 amide bonds. The van der Waals surface area contributed by atoms with Crippen molar-refractivity contribution >= 4 is 22.1 Å². The molecule has 0 spiro atoms. The van der Waals surface area contributed by atoms with E-state index in [1.165, 1.54) is 22.9 Å². The van der Waals surface area contributed by atoms with Crippen LogP contribution in [0, 0.1) is 5.82 Å². The lowest BCUT2D eigenvalue weighted by Crippen LogP contribution is -1.90. The summed E-state index contributed by atoms with van der Waals surface area (Å²) in [6, 6.07) is 20.7. The topological polar surface area (TPSA) is 12.0 Å². The third kappa shape index (κ3) is 2.18. The van der Waals surface area contributed by atoms with Crippen LogP contribution in [0.2, 0.25) is 0 Å². The summed E-state index contributed by atoms with van der Waals surface area (Å²) < 4.78 is 12.8. The third-order valence-corrected chi connectivity index (χ3v) is 2.88. The van der Waals surface area contributed by atoms with Crippen molar-refractivity contribution in [1.29, 1.82) is 0 Å². The molecule has 0 saturated heterocycles. The van der Waals surface area contributed by atoms with Crippen molar-refractivity contribution in [2.75, 3.05) is 5.32 Å². The van der Waals surface area contributed by atoms with Crippen molar-refractivity contribution in [3.8, 4) is 0 Å². The molecule has 0 aliphatic heterocycles. The minimum absolute atomic E-state index is 0.223. The predicted octanol–water partition coefficient (Wildman–Crippen LogP) is 4.72.